The van der Waals surface area contributed by atoms with Crippen LogP contribution in [0.1, 0.15) is 5.56 Å². The van der Waals surface area contributed by atoms with Crippen LogP contribution in [0, 0.1) is 0 Å². The second kappa shape index (κ2) is 7.12. The lowest BCUT2D eigenvalue weighted by atomic mass is 10.2. The number of benzene rings is 2. The Morgan fingerprint density at radius 3 is 2.35 bits per heavy atom. The molecule has 3 nitrogen and oxygen atoms in total. The highest BCUT2D eigenvalue weighted by Gasteiger charge is 1.96. The fourth-order valence-corrected chi connectivity index (χ4v) is 2.37. The number of halogens is 1. The van der Waals surface area contributed by atoms with Crippen LogP contribution in [0.3, 0.4) is 0 Å². The molecule has 0 fully saturated rings. The van der Waals surface area contributed by atoms with Crippen molar-refractivity contribution in [2.75, 3.05) is 11.8 Å². The third-order valence-corrected chi connectivity index (χ3v) is 3.63. The zero-order valence-corrected chi connectivity index (χ0v) is 12.4. The summed E-state index contributed by atoms with van der Waals surface area (Å²) in [7, 11) is 0.331. The van der Waals surface area contributed by atoms with Crippen LogP contribution in [0.5, 0.6) is 5.75 Å². The molecule has 1 N–H and O–H groups in total. The average molecular weight is 308 g/mol. The second-order valence-corrected chi connectivity index (χ2v) is 5.49. The van der Waals surface area contributed by atoms with E-state index in [1.54, 1.807) is 42.9 Å². The van der Waals surface area contributed by atoms with Gasteiger partial charge < -0.3 is 9.46 Å². The molecule has 0 bridgehead atoms. The molecular formula is C15H14ClNO2S. The molecule has 0 aliphatic carbocycles. The van der Waals surface area contributed by atoms with Gasteiger partial charge in [0, 0.05) is 16.1 Å². The van der Waals surface area contributed by atoms with Gasteiger partial charge in [-0.1, -0.05) is 23.7 Å². The first-order valence-corrected chi connectivity index (χ1v) is 7.51. The third kappa shape index (κ3) is 4.40. The van der Waals surface area contributed by atoms with Gasteiger partial charge in [-0.15, -0.1) is 0 Å². The number of hydrogen-bond acceptors (Lipinski definition) is 2. The van der Waals surface area contributed by atoms with Gasteiger partial charge in [0.05, 0.1) is 7.11 Å². The van der Waals surface area contributed by atoms with Crippen molar-refractivity contribution in [1.82, 2.24) is 0 Å². The molecule has 104 valence electrons. The molecule has 20 heavy (non-hydrogen) atoms. The molecule has 0 saturated heterocycles. The lowest BCUT2D eigenvalue weighted by molar-refractivity contribution is 0.415. The molecule has 0 aliphatic heterocycles. The summed E-state index contributed by atoms with van der Waals surface area (Å²) >= 11 is 5.79. The van der Waals surface area contributed by atoms with Crippen molar-refractivity contribution in [3.8, 4) is 5.75 Å². The highest BCUT2D eigenvalue weighted by molar-refractivity contribution is 7.89. The fourth-order valence-electron chi connectivity index (χ4n) is 1.52. The summed E-state index contributed by atoms with van der Waals surface area (Å²) in [4.78, 5) is 0. The molecular weight excluding hydrogens is 294 g/mol. The van der Waals surface area contributed by atoms with Crippen LogP contribution in [-0.2, 0) is 11.0 Å². The molecule has 0 saturated carbocycles. The van der Waals surface area contributed by atoms with Crippen molar-refractivity contribution >= 4 is 34.3 Å². The SMILES string of the molecule is COc1ccc(/C=C/S(=O)Nc2ccc(Cl)cc2)cc1. The fraction of sp³-hybridized carbons (Fsp3) is 0.0667. The standard InChI is InChI=1S/C15H14ClNO2S/c1-19-15-8-2-12(3-9-15)10-11-20(18)17-14-6-4-13(16)5-7-14/h2-11,17H,1H3/b11-10+. The molecule has 0 radical (unpaired) electrons. The van der Waals surface area contributed by atoms with Gasteiger partial charge in [-0.2, -0.15) is 0 Å². The molecule has 0 aromatic heterocycles. The van der Waals surface area contributed by atoms with Gasteiger partial charge in [-0.3, -0.25) is 0 Å². The van der Waals surface area contributed by atoms with Crippen LogP contribution in [0.2, 0.25) is 5.02 Å². The van der Waals surface area contributed by atoms with Gasteiger partial charge >= 0.3 is 0 Å². The molecule has 2 aromatic rings. The Hall–Kier alpha value is -1.78. The van der Waals surface area contributed by atoms with Gasteiger partial charge in [0.2, 0.25) is 0 Å². The van der Waals surface area contributed by atoms with Crippen LogP contribution < -0.4 is 9.46 Å². The predicted molar refractivity (Wildman–Crippen MR) is 85.2 cm³/mol. The normalized spacial score (nSPS) is 12.3. The van der Waals surface area contributed by atoms with Crippen LogP contribution in [0.4, 0.5) is 5.69 Å². The van der Waals surface area contributed by atoms with E-state index in [2.05, 4.69) is 4.72 Å². The Bertz CT molecular complexity index is 609. The average Bonchev–Trinajstić information content (AvgIpc) is 2.48. The number of methoxy groups -OCH3 is 1. The summed E-state index contributed by atoms with van der Waals surface area (Å²) in [6.07, 6.45) is 1.79. The first-order chi connectivity index (χ1) is 9.67. The molecule has 2 aromatic carbocycles. The lowest BCUT2D eigenvalue weighted by Gasteiger charge is -2.02. The topological polar surface area (TPSA) is 38.3 Å². The van der Waals surface area contributed by atoms with Gasteiger partial charge in [0.15, 0.2) is 0 Å². The largest absolute Gasteiger partial charge is 0.497 e. The van der Waals surface area contributed by atoms with E-state index in [1.165, 1.54) is 0 Å². The van der Waals surface area contributed by atoms with E-state index in [0.29, 0.717) is 5.02 Å². The Balaban J connectivity index is 1.96. The molecule has 0 heterocycles. The van der Waals surface area contributed by atoms with E-state index in [-0.39, 0.29) is 0 Å². The molecule has 0 aliphatic rings. The first-order valence-electron chi connectivity index (χ1n) is 5.92. The molecule has 1 unspecified atom stereocenters. The minimum atomic E-state index is -1.29. The third-order valence-electron chi connectivity index (χ3n) is 2.56. The zero-order chi connectivity index (χ0) is 14.4. The van der Waals surface area contributed by atoms with Crippen molar-refractivity contribution in [3.63, 3.8) is 0 Å². The number of nitrogens with one attached hydrogen (secondary N) is 1. The van der Waals surface area contributed by atoms with Gasteiger partial charge in [-0.25, -0.2) is 4.21 Å². The summed E-state index contributed by atoms with van der Waals surface area (Å²) in [6, 6.07) is 14.6. The summed E-state index contributed by atoms with van der Waals surface area (Å²) in [5, 5.41) is 2.24. The van der Waals surface area contributed by atoms with E-state index in [0.717, 1.165) is 17.0 Å². The Kier molecular flexibility index (Phi) is 5.21. The van der Waals surface area contributed by atoms with Crippen molar-refractivity contribution in [3.05, 3.63) is 64.5 Å². The maximum absolute atomic E-state index is 11.8. The van der Waals surface area contributed by atoms with E-state index >= 15 is 0 Å². The van der Waals surface area contributed by atoms with Gasteiger partial charge in [0.1, 0.15) is 16.7 Å². The number of rotatable bonds is 5. The quantitative estimate of drug-likeness (QED) is 0.903. The summed E-state index contributed by atoms with van der Waals surface area (Å²) in [5.41, 5.74) is 1.71. The van der Waals surface area contributed by atoms with Gasteiger partial charge in [0.25, 0.3) is 0 Å². The van der Waals surface area contributed by atoms with Crippen LogP contribution in [0.15, 0.2) is 53.9 Å². The minimum Gasteiger partial charge on any atom is -0.497 e. The molecule has 0 spiro atoms. The van der Waals surface area contributed by atoms with Crippen molar-refractivity contribution < 1.29 is 8.95 Å². The van der Waals surface area contributed by atoms with Crippen molar-refractivity contribution in [2.24, 2.45) is 0 Å². The molecule has 1 atom stereocenters. The van der Waals surface area contributed by atoms with E-state index in [1.807, 2.05) is 24.3 Å². The molecule has 5 heteroatoms. The second-order valence-electron chi connectivity index (χ2n) is 3.98. The molecule has 0 amide bonds. The van der Waals surface area contributed by atoms with E-state index < -0.39 is 11.0 Å². The highest BCUT2D eigenvalue weighted by Crippen LogP contribution is 2.15. The van der Waals surface area contributed by atoms with Gasteiger partial charge in [-0.05, 0) is 48.0 Å². The Labute approximate surface area is 125 Å². The lowest BCUT2D eigenvalue weighted by Crippen LogP contribution is -1.99. The predicted octanol–water partition coefficient (Wildman–Crippen LogP) is 4.10. The summed E-state index contributed by atoms with van der Waals surface area (Å²) in [5.74, 6) is 0.794. The van der Waals surface area contributed by atoms with Crippen LogP contribution >= 0.6 is 11.6 Å². The van der Waals surface area contributed by atoms with E-state index in [4.69, 9.17) is 16.3 Å². The van der Waals surface area contributed by atoms with E-state index in [9.17, 15) is 4.21 Å². The minimum absolute atomic E-state index is 0.648. The maximum Gasteiger partial charge on any atom is 0.142 e. The maximum atomic E-state index is 11.8. The number of ether oxygens (including phenoxy) is 1. The van der Waals surface area contributed by atoms with Crippen LogP contribution in [-0.4, -0.2) is 11.3 Å². The smallest absolute Gasteiger partial charge is 0.142 e. The molecule has 2 rings (SSSR count). The first kappa shape index (κ1) is 14.6. The summed E-state index contributed by atoms with van der Waals surface area (Å²) in [6.45, 7) is 0. The zero-order valence-electron chi connectivity index (χ0n) is 10.9. The number of anilines is 1. The summed E-state index contributed by atoms with van der Waals surface area (Å²) < 4.78 is 19.8. The van der Waals surface area contributed by atoms with Crippen molar-refractivity contribution in [1.29, 1.82) is 0 Å². The number of hydrogen-bond donors (Lipinski definition) is 1. The Morgan fingerprint density at radius 1 is 1.10 bits per heavy atom. The monoisotopic (exact) mass is 307 g/mol. The Morgan fingerprint density at radius 2 is 1.75 bits per heavy atom. The van der Waals surface area contributed by atoms with Crippen LogP contribution in [0.25, 0.3) is 6.08 Å². The highest BCUT2D eigenvalue weighted by atomic mass is 35.5. The van der Waals surface area contributed by atoms with Crippen molar-refractivity contribution in [2.45, 2.75) is 0 Å².